The Morgan fingerprint density at radius 2 is 2.17 bits per heavy atom. The second-order valence-corrected chi connectivity index (χ2v) is 6.01. The molecule has 0 radical (unpaired) electrons. The van der Waals surface area contributed by atoms with Gasteiger partial charge in [0.2, 0.25) is 0 Å². The fraction of sp³-hybridized carbons (Fsp3) is 0.500. The number of carboxylic acid groups (broad SMARTS) is 1. The summed E-state index contributed by atoms with van der Waals surface area (Å²) < 4.78 is 0. The lowest BCUT2D eigenvalue weighted by molar-refractivity contribution is -0.138. The minimum Gasteiger partial charge on any atom is -0.480 e. The first-order valence-electron chi connectivity index (χ1n) is 6.32. The SMILES string of the molecule is NC(Cc1cccc(C2CCSCC2)c1)C(=O)O. The van der Waals surface area contributed by atoms with Gasteiger partial charge in [-0.15, -0.1) is 0 Å². The lowest BCUT2D eigenvalue weighted by Gasteiger charge is -2.22. The van der Waals surface area contributed by atoms with Gasteiger partial charge in [0.15, 0.2) is 0 Å². The van der Waals surface area contributed by atoms with E-state index >= 15 is 0 Å². The molecule has 0 saturated carbocycles. The quantitative estimate of drug-likeness (QED) is 0.876. The molecule has 98 valence electrons. The highest BCUT2D eigenvalue weighted by molar-refractivity contribution is 7.99. The van der Waals surface area contributed by atoms with E-state index in [-0.39, 0.29) is 0 Å². The fourth-order valence-electron chi connectivity index (χ4n) is 2.35. The van der Waals surface area contributed by atoms with E-state index in [1.54, 1.807) is 0 Å². The summed E-state index contributed by atoms with van der Waals surface area (Å²) in [7, 11) is 0. The number of carbonyl (C=O) groups is 1. The summed E-state index contributed by atoms with van der Waals surface area (Å²) >= 11 is 2.01. The Bertz CT molecular complexity index is 416. The summed E-state index contributed by atoms with van der Waals surface area (Å²) in [5.41, 5.74) is 7.94. The summed E-state index contributed by atoms with van der Waals surface area (Å²) in [5.74, 6) is 2.15. The predicted octanol–water partition coefficient (Wildman–Crippen LogP) is 2.25. The summed E-state index contributed by atoms with van der Waals surface area (Å²) in [6, 6.07) is 7.45. The van der Waals surface area contributed by atoms with Crippen molar-refractivity contribution < 1.29 is 9.90 Å². The van der Waals surface area contributed by atoms with Crippen LogP contribution in [0.15, 0.2) is 24.3 Å². The topological polar surface area (TPSA) is 63.3 Å². The first-order valence-corrected chi connectivity index (χ1v) is 7.47. The standard InChI is InChI=1S/C14H19NO2S/c15-13(14(16)17)9-10-2-1-3-12(8-10)11-4-6-18-7-5-11/h1-3,8,11,13H,4-7,9,15H2,(H,16,17). The predicted molar refractivity (Wildman–Crippen MR) is 75.1 cm³/mol. The molecule has 2 rings (SSSR count). The van der Waals surface area contributed by atoms with Crippen LogP contribution >= 0.6 is 11.8 Å². The summed E-state index contributed by atoms with van der Waals surface area (Å²) in [5, 5.41) is 8.83. The molecule has 1 saturated heterocycles. The Hall–Kier alpha value is -1.00. The van der Waals surface area contributed by atoms with Crippen LogP contribution in [0.25, 0.3) is 0 Å². The van der Waals surface area contributed by atoms with Gasteiger partial charge < -0.3 is 10.8 Å². The minimum absolute atomic E-state index is 0.407. The first-order chi connectivity index (χ1) is 8.66. The maximum absolute atomic E-state index is 10.8. The maximum atomic E-state index is 10.8. The van der Waals surface area contributed by atoms with Gasteiger partial charge in [-0.1, -0.05) is 24.3 Å². The molecule has 3 N–H and O–H groups in total. The van der Waals surface area contributed by atoms with Crippen molar-refractivity contribution in [1.82, 2.24) is 0 Å². The fourth-order valence-corrected chi connectivity index (χ4v) is 3.45. The Morgan fingerprint density at radius 3 is 2.83 bits per heavy atom. The van der Waals surface area contributed by atoms with Gasteiger partial charge in [-0.2, -0.15) is 11.8 Å². The molecule has 0 aromatic heterocycles. The number of benzene rings is 1. The molecule has 1 heterocycles. The van der Waals surface area contributed by atoms with Crippen LogP contribution in [0, 0.1) is 0 Å². The average Bonchev–Trinajstić information content (AvgIpc) is 2.40. The molecule has 4 heteroatoms. The molecular weight excluding hydrogens is 246 g/mol. The van der Waals surface area contributed by atoms with Gasteiger partial charge in [-0.25, -0.2) is 0 Å². The molecule has 1 aliphatic rings. The molecule has 0 bridgehead atoms. The molecule has 0 aliphatic carbocycles. The molecule has 1 aromatic rings. The molecule has 3 nitrogen and oxygen atoms in total. The van der Waals surface area contributed by atoms with Crippen molar-refractivity contribution in [3.63, 3.8) is 0 Å². The van der Waals surface area contributed by atoms with Crippen LogP contribution in [0.2, 0.25) is 0 Å². The van der Waals surface area contributed by atoms with E-state index in [1.165, 1.54) is 29.9 Å². The third kappa shape index (κ3) is 3.50. The van der Waals surface area contributed by atoms with Gasteiger partial charge in [0, 0.05) is 0 Å². The van der Waals surface area contributed by atoms with E-state index in [1.807, 2.05) is 23.9 Å². The number of carboxylic acids is 1. The van der Waals surface area contributed by atoms with Gasteiger partial charge in [-0.05, 0) is 47.8 Å². The first kappa shape index (κ1) is 13.4. The average molecular weight is 265 g/mol. The number of thioether (sulfide) groups is 1. The highest BCUT2D eigenvalue weighted by atomic mass is 32.2. The van der Waals surface area contributed by atoms with Crippen LogP contribution in [0.1, 0.15) is 29.9 Å². The van der Waals surface area contributed by atoms with E-state index in [4.69, 9.17) is 10.8 Å². The third-order valence-electron chi connectivity index (χ3n) is 3.42. The van der Waals surface area contributed by atoms with Crippen molar-refractivity contribution in [2.45, 2.75) is 31.2 Å². The largest absolute Gasteiger partial charge is 0.480 e. The zero-order chi connectivity index (χ0) is 13.0. The molecule has 1 aliphatic heterocycles. The highest BCUT2D eigenvalue weighted by Crippen LogP contribution is 2.31. The summed E-state index contributed by atoms with van der Waals surface area (Å²) in [4.78, 5) is 10.8. The Balaban J connectivity index is 2.06. The van der Waals surface area contributed by atoms with E-state index in [2.05, 4.69) is 12.1 Å². The number of aliphatic carboxylic acids is 1. The summed E-state index contributed by atoms with van der Waals surface area (Å²) in [6.07, 6.45) is 2.85. The molecule has 0 amide bonds. The second kappa shape index (κ2) is 6.25. The zero-order valence-corrected chi connectivity index (χ0v) is 11.2. The van der Waals surface area contributed by atoms with Crippen molar-refractivity contribution in [2.75, 3.05) is 11.5 Å². The van der Waals surface area contributed by atoms with Crippen LogP contribution in [0.5, 0.6) is 0 Å². The normalized spacial score (nSPS) is 18.5. The van der Waals surface area contributed by atoms with Gasteiger partial charge in [-0.3, -0.25) is 4.79 Å². The number of nitrogens with two attached hydrogens (primary N) is 1. The van der Waals surface area contributed by atoms with E-state index in [0.29, 0.717) is 12.3 Å². The van der Waals surface area contributed by atoms with Crippen LogP contribution < -0.4 is 5.73 Å². The van der Waals surface area contributed by atoms with E-state index in [0.717, 1.165) is 5.56 Å². The smallest absolute Gasteiger partial charge is 0.320 e. The van der Waals surface area contributed by atoms with Crippen molar-refractivity contribution >= 4 is 17.7 Å². The van der Waals surface area contributed by atoms with Gasteiger partial charge in [0.1, 0.15) is 6.04 Å². The Labute approximate surface area is 112 Å². The third-order valence-corrected chi connectivity index (χ3v) is 4.47. The van der Waals surface area contributed by atoms with E-state index < -0.39 is 12.0 Å². The van der Waals surface area contributed by atoms with E-state index in [9.17, 15) is 4.79 Å². The highest BCUT2D eigenvalue weighted by Gasteiger charge is 2.17. The second-order valence-electron chi connectivity index (χ2n) is 4.78. The van der Waals surface area contributed by atoms with Crippen LogP contribution in [-0.2, 0) is 11.2 Å². The van der Waals surface area contributed by atoms with Gasteiger partial charge in [0.05, 0.1) is 0 Å². The van der Waals surface area contributed by atoms with Crippen molar-refractivity contribution in [1.29, 1.82) is 0 Å². The summed E-state index contributed by atoms with van der Waals surface area (Å²) in [6.45, 7) is 0. The zero-order valence-electron chi connectivity index (χ0n) is 10.3. The monoisotopic (exact) mass is 265 g/mol. The lowest BCUT2D eigenvalue weighted by Crippen LogP contribution is -2.32. The van der Waals surface area contributed by atoms with Gasteiger partial charge >= 0.3 is 5.97 Å². The molecule has 1 unspecified atom stereocenters. The minimum atomic E-state index is -0.936. The van der Waals surface area contributed by atoms with Gasteiger partial charge in [0.25, 0.3) is 0 Å². The molecule has 1 aromatic carbocycles. The molecule has 0 spiro atoms. The van der Waals surface area contributed by atoms with Crippen LogP contribution in [0.4, 0.5) is 0 Å². The van der Waals surface area contributed by atoms with Crippen LogP contribution in [-0.4, -0.2) is 28.6 Å². The molecule has 18 heavy (non-hydrogen) atoms. The van der Waals surface area contributed by atoms with Crippen molar-refractivity contribution in [2.24, 2.45) is 5.73 Å². The lowest BCUT2D eigenvalue weighted by atomic mass is 9.91. The number of rotatable bonds is 4. The molecule has 1 fully saturated rings. The number of hydrogen-bond acceptors (Lipinski definition) is 3. The molecule has 1 atom stereocenters. The van der Waals surface area contributed by atoms with Crippen molar-refractivity contribution in [3.05, 3.63) is 35.4 Å². The Kier molecular flexibility index (Phi) is 4.66. The number of hydrogen-bond donors (Lipinski definition) is 2. The Morgan fingerprint density at radius 1 is 1.44 bits per heavy atom. The molecular formula is C14H19NO2S. The maximum Gasteiger partial charge on any atom is 0.320 e. The van der Waals surface area contributed by atoms with Crippen LogP contribution in [0.3, 0.4) is 0 Å². The van der Waals surface area contributed by atoms with Crippen molar-refractivity contribution in [3.8, 4) is 0 Å².